The molecule has 0 radical (unpaired) electrons. The molecule has 4 nitrogen and oxygen atoms in total. The zero-order valence-corrected chi connectivity index (χ0v) is 8.86. The maximum atomic E-state index is 12.1. The second kappa shape index (κ2) is 3.01. The van der Waals surface area contributed by atoms with Crippen molar-refractivity contribution in [1.82, 2.24) is 9.88 Å². The van der Waals surface area contributed by atoms with Gasteiger partial charge in [0.2, 0.25) is 5.78 Å². The highest BCUT2D eigenvalue weighted by Gasteiger charge is 2.37. The lowest BCUT2D eigenvalue weighted by Gasteiger charge is -2.18. The van der Waals surface area contributed by atoms with Crippen LogP contribution < -0.4 is 0 Å². The Morgan fingerprint density at radius 3 is 2.69 bits per heavy atom. The van der Waals surface area contributed by atoms with E-state index in [4.69, 9.17) is 0 Å². The standard InChI is InChI=1S/C12H10N2O2/c1-7-10(14-5-6-14)12(16)9-8(11(7)15)3-2-4-13-9/h2-4H,5-6H2,1H3. The summed E-state index contributed by atoms with van der Waals surface area (Å²) in [6.07, 6.45) is 1.55. The molecule has 80 valence electrons. The Labute approximate surface area is 92.6 Å². The van der Waals surface area contributed by atoms with Crippen LogP contribution in [0.3, 0.4) is 0 Å². The molecule has 0 amide bonds. The van der Waals surface area contributed by atoms with Gasteiger partial charge in [-0.2, -0.15) is 0 Å². The molecule has 1 aromatic rings. The van der Waals surface area contributed by atoms with Crippen LogP contribution in [-0.4, -0.2) is 34.5 Å². The fraction of sp³-hybridized carbons (Fsp3) is 0.250. The summed E-state index contributed by atoms with van der Waals surface area (Å²) in [6.45, 7) is 3.42. The first kappa shape index (κ1) is 9.27. The van der Waals surface area contributed by atoms with Crippen molar-refractivity contribution in [3.8, 4) is 0 Å². The maximum absolute atomic E-state index is 12.1. The van der Waals surface area contributed by atoms with Gasteiger partial charge in [-0.15, -0.1) is 0 Å². The summed E-state index contributed by atoms with van der Waals surface area (Å²) >= 11 is 0. The molecule has 0 atom stereocenters. The van der Waals surface area contributed by atoms with E-state index in [-0.39, 0.29) is 11.6 Å². The molecule has 1 saturated heterocycles. The number of carbonyl (C=O) groups is 2. The van der Waals surface area contributed by atoms with Crippen molar-refractivity contribution < 1.29 is 9.59 Å². The average molecular weight is 214 g/mol. The molecule has 1 fully saturated rings. The van der Waals surface area contributed by atoms with Gasteiger partial charge in [-0.3, -0.25) is 14.6 Å². The molecule has 0 N–H and O–H groups in total. The lowest BCUT2D eigenvalue weighted by Crippen LogP contribution is -2.25. The molecule has 16 heavy (non-hydrogen) atoms. The van der Waals surface area contributed by atoms with Crippen molar-refractivity contribution >= 4 is 11.6 Å². The van der Waals surface area contributed by atoms with E-state index in [2.05, 4.69) is 4.98 Å². The van der Waals surface area contributed by atoms with Crippen molar-refractivity contribution in [3.63, 3.8) is 0 Å². The molecule has 1 aromatic heterocycles. The molecule has 3 rings (SSSR count). The Hall–Kier alpha value is -1.97. The number of hydrogen-bond donors (Lipinski definition) is 0. The topological polar surface area (TPSA) is 50.0 Å². The van der Waals surface area contributed by atoms with Gasteiger partial charge in [-0.1, -0.05) is 0 Å². The molecule has 0 bridgehead atoms. The van der Waals surface area contributed by atoms with Gasteiger partial charge in [0, 0.05) is 24.9 Å². The highest BCUT2D eigenvalue weighted by atomic mass is 16.1. The van der Waals surface area contributed by atoms with E-state index in [1.165, 1.54) is 0 Å². The fourth-order valence-corrected chi connectivity index (χ4v) is 2.02. The van der Waals surface area contributed by atoms with Crippen LogP contribution in [0.5, 0.6) is 0 Å². The summed E-state index contributed by atoms with van der Waals surface area (Å²) in [5.41, 5.74) is 1.80. The largest absolute Gasteiger partial charge is 0.364 e. The number of aromatic nitrogens is 1. The minimum atomic E-state index is -0.120. The predicted octanol–water partition coefficient (Wildman–Crippen LogP) is 1.05. The van der Waals surface area contributed by atoms with Crippen molar-refractivity contribution in [2.45, 2.75) is 6.92 Å². The van der Waals surface area contributed by atoms with Gasteiger partial charge < -0.3 is 4.90 Å². The number of allylic oxidation sites excluding steroid dienone is 2. The normalized spacial score (nSPS) is 18.9. The molecular weight excluding hydrogens is 204 g/mol. The first-order valence-electron chi connectivity index (χ1n) is 5.20. The third-order valence-corrected chi connectivity index (χ3v) is 2.94. The number of fused-ring (bicyclic) bond motifs is 1. The van der Waals surface area contributed by atoms with E-state index >= 15 is 0 Å². The van der Waals surface area contributed by atoms with Crippen LogP contribution in [0, 0.1) is 0 Å². The highest BCUT2D eigenvalue weighted by Crippen LogP contribution is 2.29. The quantitative estimate of drug-likeness (QED) is 0.656. The molecule has 1 aliphatic carbocycles. The van der Waals surface area contributed by atoms with E-state index in [9.17, 15) is 9.59 Å². The van der Waals surface area contributed by atoms with E-state index in [1.807, 2.05) is 4.90 Å². The zero-order valence-electron chi connectivity index (χ0n) is 8.86. The van der Waals surface area contributed by atoms with Crippen LogP contribution in [0.2, 0.25) is 0 Å². The lowest BCUT2D eigenvalue weighted by molar-refractivity contribution is 0.0956. The van der Waals surface area contributed by atoms with Gasteiger partial charge in [0.1, 0.15) is 5.69 Å². The Morgan fingerprint density at radius 1 is 1.25 bits per heavy atom. The lowest BCUT2D eigenvalue weighted by atomic mass is 9.91. The third kappa shape index (κ3) is 1.13. The van der Waals surface area contributed by atoms with Crippen LogP contribution >= 0.6 is 0 Å². The Kier molecular flexibility index (Phi) is 1.74. The Bertz CT molecular complexity index is 542. The minimum Gasteiger partial charge on any atom is -0.364 e. The first-order valence-corrected chi connectivity index (χ1v) is 5.20. The van der Waals surface area contributed by atoms with Gasteiger partial charge >= 0.3 is 0 Å². The van der Waals surface area contributed by atoms with Gasteiger partial charge in [0.15, 0.2) is 5.78 Å². The molecule has 0 saturated carbocycles. The number of Topliss-reactive ketones (excluding diaryl/α,β-unsaturated/α-hetero) is 2. The van der Waals surface area contributed by atoms with E-state index in [0.717, 1.165) is 13.1 Å². The second-order valence-electron chi connectivity index (χ2n) is 4.02. The molecule has 4 heteroatoms. The SMILES string of the molecule is CC1=C(N2CC2)C(=O)c2ncccc2C1=O. The van der Waals surface area contributed by atoms with Crippen LogP contribution in [0.1, 0.15) is 27.8 Å². The van der Waals surface area contributed by atoms with E-state index in [0.29, 0.717) is 22.5 Å². The van der Waals surface area contributed by atoms with Gasteiger partial charge in [0.05, 0.1) is 11.3 Å². The van der Waals surface area contributed by atoms with Crippen LogP contribution in [0.15, 0.2) is 29.6 Å². The number of nitrogens with zero attached hydrogens (tertiary/aromatic N) is 2. The molecule has 0 spiro atoms. The third-order valence-electron chi connectivity index (χ3n) is 2.94. The highest BCUT2D eigenvalue weighted by molar-refractivity contribution is 6.25. The molecule has 0 aromatic carbocycles. The minimum absolute atomic E-state index is 0.0791. The summed E-state index contributed by atoms with van der Waals surface area (Å²) in [7, 11) is 0. The maximum Gasteiger partial charge on any atom is 0.228 e. The second-order valence-corrected chi connectivity index (χ2v) is 4.02. The van der Waals surface area contributed by atoms with Crippen LogP contribution in [0.25, 0.3) is 0 Å². The number of hydrogen-bond acceptors (Lipinski definition) is 4. The van der Waals surface area contributed by atoms with Gasteiger partial charge in [0.25, 0.3) is 0 Å². The molecular formula is C12H10N2O2. The van der Waals surface area contributed by atoms with Gasteiger partial charge in [-0.05, 0) is 19.1 Å². The summed E-state index contributed by atoms with van der Waals surface area (Å²) < 4.78 is 0. The van der Waals surface area contributed by atoms with Crippen molar-refractivity contribution in [2.24, 2.45) is 0 Å². The fourth-order valence-electron chi connectivity index (χ4n) is 2.02. The summed E-state index contributed by atoms with van der Waals surface area (Å²) in [4.78, 5) is 30.1. The average Bonchev–Trinajstić information content (AvgIpc) is 3.11. The Balaban J connectivity index is 2.21. The Morgan fingerprint density at radius 2 is 2.00 bits per heavy atom. The molecule has 0 unspecified atom stereocenters. The van der Waals surface area contributed by atoms with Gasteiger partial charge in [-0.25, -0.2) is 0 Å². The number of ketones is 2. The van der Waals surface area contributed by atoms with Crippen molar-refractivity contribution in [1.29, 1.82) is 0 Å². The van der Waals surface area contributed by atoms with Crippen molar-refractivity contribution in [2.75, 3.05) is 13.1 Å². The molecule has 1 aliphatic heterocycles. The van der Waals surface area contributed by atoms with E-state index < -0.39 is 0 Å². The van der Waals surface area contributed by atoms with Crippen LogP contribution in [0.4, 0.5) is 0 Å². The zero-order chi connectivity index (χ0) is 11.3. The van der Waals surface area contributed by atoms with E-state index in [1.54, 1.807) is 25.3 Å². The van der Waals surface area contributed by atoms with Crippen LogP contribution in [-0.2, 0) is 0 Å². The number of rotatable bonds is 1. The first-order chi connectivity index (χ1) is 7.70. The smallest absolute Gasteiger partial charge is 0.228 e. The van der Waals surface area contributed by atoms with Crippen molar-refractivity contribution in [3.05, 3.63) is 40.9 Å². The molecule has 2 heterocycles. The summed E-state index contributed by atoms with van der Waals surface area (Å²) in [6, 6.07) is 3.34. The summed E-state index contributed by atoms with van der Waals surface area (Å²) in [5.74, 6) is -0.199. The number of pyridine rings is 1. The number of carbonyl (C=O) groups excluding carboxylic acids is 2. The molecule has 2 aliphatic rings. The monoisotopic (exact) mass is 214 g/mol. The summed E-state index contributed by atoms with van der Waals surface area (Å²) in [5, 5.41) is 0. The predicted molar refractivity (Wildman–Crippen MR) is 57.2 cm³/mol.